The quantitative estimate of drug-likeness (QED) is 0.750. The van der Waals surface area contributed by atoms with Crippen LogP contribution in [0.1, 0.15) is 18.1 Å². The van der Waals surface area contributed by atoms with Gasteiger partial charge in [0.25, 0.3) is 0 Å². The van der Waals surface area contributed by atoms with Gasteiger partial charge in [-0.15, -0.1) is 11.8 Å². The Morgan fingerprint density at radius 3 is 2.64 bits per heavy atom. The van der Waals surface area contributed by atoms with Crippen LogP contribution >= 0.6 is 35.0 Å². The van der Waals surface area contributed by atoms with Crippen LogP contribution in [-0.4, -0.2) is 11.7 Å². The first-order valence-electron chi connectivity index (χ1n) is 6.99. The van der Waals surface area contributed by atoms with E-state index < -0.39 is 0 Å². The van der Waals surface area contributed by atoms with Gasteiger partial charge in [-0.25, -0.2) is 0 Å². The normalized spacial score (nSPS) is 10.5. The summed E-state index contributed by atoms with van der Waals surface area (Å²) < 4.78 is 0. The first-order valence-corrected chi connectivity index (χ1v) is 8.90. The Morgan fingerprint density at radius 2 is 1.91 bits per heavy atom. The molecule has 22 heavy (non-hydrogen) atoms. The van der Waals surface area contributed by atoms with E-state index >= 15 is 0 Å². The lowest BCUT2D eigenvalue weighted by atomic mass is 10.1. The van der Waals surface area contributed by atoms with Gasteiger partial charge in [-0.3, -0.25) is 4.79 Å². The molecule has 0 heterocycles. The van der Waals surface area contributed by atoms with E-state index in [0.717, 1.165) is 23.4 Å². The summed E-state index contributed by atoms with van der Waals surface area (Å²) in [5, 5.41) is 4.00. The summed E-state index contributed by atoms with van der Waals surface area (Å²) in [5.41, 5.74) is 3.11. The van der Waals surface area contributed by atoms with Crippen LogP contribution in [0.5, 0.6) is 0 Å². The highest BCUT2D eigenvalue weighted by atomic mass is 35.5. The Hall–Kier alpha value is -1.16. The summed E-state index contributed by atoms with van der Waals surface area (Å²) >= 11 is 13.4. The van der Waals surface area contributed by atoms with Crippen LogP contribution in [0, 0.1) is 0 Å². The molecule has 5 heteroatoms. The predicted octanol–water partition coefficient (Wildman–Crippen LogP) is 5.43. The van der Waals surface area contributed by atoms with Gasteiger partial charge in [0.1, 0.15) is 0 Å². The van der Waals surface area contributed by atoms with Gasteiger partial charge in [0.15, 0.2) is 0 Å². The molecule has 0 aliphatic heterocycles. The Balaban J connectivity index is 1.81. The molecule has 2 aromatic rings. The van der Waals surface area contributed by atoms with Gasteiger partial charge in [-0.05, 0) is 41.8 Å². The van der Waals surface area contributed by atoms with Gasteiger partial charge in [0.2, 0.25) is 5.91 Å². The van der Waals surface area contributed by atoms with Gasteiger partial charge in [0, 0.05) is 11.4 Å². The zero-order chi connectivity index (χ0) is 15.9. The maximum absolute atomic E-state index is 11.9. The van der Waals surface area contributed by atoms with Crippen molar-refractivity contribution in [1.29, 1.82) is 0 Å². The molecule has 0 saturated heterocycles. The highest BCUT2D eigenvalue weighted by Gasteiger charge is 2.05. The highest BCUT2D eigenvalue weighted by Crippen LogP contribution is 2.24. The summed E-state index contributed by atoms with van der Waals surface area (Å²) in [6.07, 6.45) is 0.954. The van der Waals surface area contributed by atoms with E-state index in [1.54, 1.807) is 17.8 Å². The second-order valence-corrected chi connectivity index (χ2v) is 6.64. The zero-order valence-electron chi connectivity index (χ0n) is 12.2. The number of amides is 1. The Kier molecular flexibility index (Phi) is 6.62. The third-order valence-corrected chi connectivity index (χ3v) is 4.85. The number of carbonyl (C=O) groups is 1. The fourth-order valence-electron chi connectivity index (χ4n) is 1.96. The third-order valence-electron chi connectivity index (χ3n) is 3.10. The van der Waals surface area contributed by atoms with Crippen molar-refractivity contribution in [2.24, 2.45) is 0 Å². The molecular formula is C17H17Cl2NOS. The number of nitrogens with one attached hydrogen (secondary N) is 1. The molecule has 0 aromatic heterocycles. The topological polar surface area (TPSA) is 29.1 Å². The molecule has 1 amide bonds. The lowest BCUT2D eigenvalue weighted by Crippen LogP contribution is -2.14. The van der Waals surface area contributed by atoms with Crippen LogP contribution < -0.4 is 5.32 Å². The molecule has 0 unspecified atom stereocenters. The monoisotopic (exact) mass is 353 g/mol. The van der Waals surface area contributed by atoms with Crippen LogP contribution in [0.2, 0.25) is 10.0 Å². The Bertz CT molecular complexity index is 661. The van der Waals surface area contributed by atoms with Crippen molar-refractivity contribution in [2.45, 2.75) is 19.1 Å². The second-order valence-electron chi connectivity index (χ2n) is 4.84. The number of benzene rings is 2. The van der Waals surface area contributed by atoms with Crippen molar-refractivity contribution in [3.05, 3.63) is 63.6 Å². The molecule has 2 nitrogen and oxygen atoms in total. The SMILES string of the molecule is CCc1cccc(NC(=O)CSCc2ccc(Cl)c(Cl)c2)c1. The molecule has 0 radical (unpaired) electrons. The molecule has 2 rings (SSSR count). The van der Waals surface area contributed by atoms with Gasteiger partial charge in [-0.1, -0.05) is 48.3 Å². The summed E-state index contributed by atoms with van der Waals surface area (Å²) in [7, 11) is 0. The van der Waals surface area contributed by atoms with Crippen molar-refractivity contribution >= 4 is 46.6 Å². The molecule has 0 spiro atoms. The average molecular weight is 354 g/mol. The fourth-order valence-corrected chi connectivity index (χ4v) is 3.05. The van der Waals surface area contributed by atoms with Crippen molar-refractivity contribution < 1.29 is 4.79 Å². The number of halogens is 2. The van der Waals surface area contributed by atoms with Crippen molar-refractivity contribution in [3.8, 4) is 0 Å². The number of hydrogen-bond acceptors (Lipinski definition) is 2. The molecular weight excluding hydrogens is 337 g/mol. The van der Waals surface area contributed by atoms with Crippen LogP contribution in [0.4, 0.5) is 5.69 Å². The second kappa shape index (κ2) is 8.47. The van der Waals surface area contributed by atoms with E-state index in [0.29, 0.717) is 15.8 Å². The molecule has 1 N–H and O–H groups in total. The van der Waals surface area contributed by atoms with Crippen LogP contribution in [0.3, 0.4) is 0 Å². The molecule has 0 aliphatic rings. The first kappa shape index (κ1) is 17.2. The number of aryl methyl sites for hydroxylation is 1. The summed E-state index contributed by atoms with van der Waals surface area (Å²) in [6.45, 7) is 2.09. The van der Waals surface area contributed by atoms with Gasteiger partial charge >= 0.3 is 0 Å². The number of rotatable bonds is 6. The van der Waals surface area contributed by atoms with E-state index in [9.17, 15) is 4.79 Å². The predicted molar refractivity (Wildman–Crippen MR) is 97.1 cm³/mol. The van der Waals surface area contributed by atoms with Gasteiger partial charge in [-0.2, -0.15) is 0 Å². The molecule has 116 valence electrons. The van der Waals surface area contributed by atoms with Crippen molar-refractivity contribution in [1.82, 2.24) is 0 Å². The number of carbonyl (C=O) groups excluding carboxylic acids is 1. The van der Waals surface area contributed by atoms with E-state index in [1.807, 2.05) is 30.3 Å². The van der Waals surface area contributed by atoms with E-state index in [1.165, 1.54) is 5.56 Å². The van der Waals surface area contributed by atoms with Crippen LogP contribution in [0.15, 0.2) is 42.5 Å². The summed E-state index contributed by atoms with van der Waals surface area (Å²) in [5.74, 6) is 1.12. The van der Waals surface area contributed by atoms with E-state index in [4.69, 9.17) is 23.2 Å². The Morgan fingerprint density at radius 1 is 1.09 bits per heavy atom. The molecule has 2 aromatic carbocycles. The molecule has 0 bridgehead atoms. The fraction of sp³-hybridized carbons (Fsp3) is 0.235. The van der Waals surface area contributed by atoms with Crippen molar-refractivity contribution in [3.63, 3.8) is 0 Å². The van der Waals surface area contributed by atoms with E-state index in [-0.39, 0.29) is 5.91 Å². The number of hydrogen-bond donors (Lipinski definition) is 1. The standard InChI is InChI=1S/C17H17Cl2NOS/c1-2-12-4-3-5-14(8-12)20-17(21)11-22-10-13-6-7-15(18)16(19)9-13/h3-9H,2,10-11H2,1H3,(H,20,21). The summed E-state index contributed by atoms with van der Waals surface area (Å²) in [4.78, 5) is 11.9. The van der Waals surface area contributed by atoms with Gasteiger partial charge in [0.05, 0.1) is 15.8 Å². The van der Waals surface area contributed by atoms with Crippen molar-refractivity contribution in [2.75, 3.05) is 11.1 Å². The minimum Gasteiger partial charge on any atom is -0.325 e. The molecule has 0 aliphatic carbocycles. The maximum atomic E-state index is 11.9. The highest BCUT2D eigenvalue weighted by molar-refractivity contribution is 7.99. The minimum absolute atomic E-state index is 0.00156. The van der Waals surface area contributed by atoms with E-state index in [2.05, 4.69) is 18.3 Å². The zero-order valence-corrected chi connectivity index (χ0v) is 14.6. The number of thioether (sulfide) groups is 1. The smallest absolute Gasteiger partial charge is 0.234 e. The lowest BCUT2D eigenvalue weighted by Gasteiger charge is -2.07. The minimum atomic E-state index is -0.00156. The number of anilines is 1. The molecule has 0 atom stereocenters. The summed E-state index contributed by atoms with van der Waals surface area (Å²) in [6, 6.07) is 13.4. The Labute approximate surface area is 145 Å². The maximum Gasteiger partial charge on any atom is 0.234 e. The molecule has 0 fully saturated rings. The van der Waals surface area contributed by atoms with Crippen LogP contribution in [-0.2, 0) is 17.0 Å². The third kappa shape index (κ3) is 5.24. The molecule has 0 saturated carbocycles. The largest absolute Gasteiger partial charge is 0.325 e. The van der Waals surface area contributed by atoms with Gasteiger partial charge < -0.3 is 5.32 Å². The first-order chi connectivity index (χ1) is 10.6. The van der Waals surface area contributed by atoms with Crippen LogP contribution in [0.25, 0.3) is 0 Å². The lowest BCUT2D eigenvalue weighted by molar-refractivity contribution is -0.113. The average Bonchev–Trinajstić information content (AvgIpc) is 2.51.